The largest absolute Gasteiger partial charge is 0.493 e. The van der Waals surface area contributed by atoms with Crippen LogP contribution in [-0.2, 0) is 17.6 Å². The zero-order valence-corrected chi connectivity index (χ0v) is 17.0. The van der Waals surface area contributed by atoms with E-state index in [0.717, 1.165) is 36.1 Å². The molecule has 0 fully saturated rings. The van der Waals surface area contributed by atoms with Crippen molar-refractivity contribution in [2.45, 2.75) is 25.7 Å². The molecule has 1 aromatic heterocycles. The molecule has 0 unspecified atom stereocenters. The number of ether oxygens (including phenoxy) is 2. The standard InChI is InChI=1S/C21H21N3O4S/c1-27-15-8-7-12(10-16(15)28-2)9-13(11-22)20(26)24-21-18(19(23)25)14-5-3-4-6-17(14)29-21/h7-10H,3-6H2,1-2H3,(H2,23,25)(H,24,26)/b13-9+. The number of nitriles is 1. The number of carbonyl (C=O) groups excluding carboxylic acids is 2. The first-order valence-corrected chi connectivity index (χ1v) is 9.89. The molecule has 1 aromatic carbocycles. The quantitative estimate of drug-likeness (QED) is 0.559. The van der Waals surface area contributed by atoms with E-state index in [9.17, 15) is 14.9 Å². The third kappa shape index (κ3) is 4.25. The van der Waals surface area contributed by atoms with Gasteiger partial charge < -0.3 is 20.5 Å². The second kappa shape index (κ2) is 8.80. The first kappa shape index (κ1) is 20.4. The van der Waals surface area contributed by atoms with E-state index in [1.807, 2.05) is 6.07 Å². The van der Waals surface area contributed by atoms with Crippen LogP contribution in [-0.4, -0.2) is 26.0 Å². The molecule has 0 saturated heterocycles. The Bertz CT molecular complexity index is 1030. The Morgan fingerprint density at radius 2 is 1.93 bits per heavy atom. The highest BCUT2D eigenvalue weighted by Gasteiger charge is 2.25. The maximum Gasteiger partial charge on any atom is 0.266 e. The molecule has 0 spiro atoms. The van der Waals surface area contributed by atoms with E-state index >= 15 is 0 Å². The lowest BCUT2D eigenvalue weighted by Crippen LogP contribution is -2.19. The van der Waals surface area contributed by atoms with Crippen LogP contribution < -0.4 is 20.5 Å². The highest BCUT2D eigenvalue weighted by Crippen LogP contribution is 2.38. The predicted octanol–water partition coefficient (Wildman–Crippen LogP) is 3.29. The number of anilines is 1. The maximum absolute atomic E-state index is 12.7. The first-order chi connectivity index (χ1) is 14.0. The lowest BCUT2D eigenvalue weighted by Gasteiger charge is -2.11. The van der Waals surface area contributed by atoms with E-state index < -0.39 is 11.8 Å². The normalized spacial score (nSPS) is 13.2. The maximum atomic E-state index is 12.7. The summed E-state index contributed by atoms with van der Waals surface area (Å²) in [5.74, 6) is -0.130. The van der Waals surface area contributed by atoms with E-state index in [0.29, 0.717) is 27.6 Å². The monoisotopic (exact) mass is 411 g/mol. The number of hydrogen-bond donors (Lipinski definition) is 2. The molecule has 150 valence electrons. The summed E-state index contributed by atoms with van der Waals surface area (Å²) in [4.78, 5) is 25.8. The van der Waals surface area contributed by atoms with Crippen LogP contribution in [0.2, 0.25) is 0 Å². The van der Waals surface area contributed by atoms with Crippen LogP contribution >= 0.6 is 11.3 Å². The Hall–Kier alpha value is -3.31. The van der Waals surface area contributed by atoms with Crippen LogP contribution in [0, 0.1) is 11.3 Å². The summed E-state index contributed by atoms with van der Waals surface area (Å²) in [6.07, 6.45) is 5.12. The summed E-state index contributed by atoms with van der Waals surface area (Å²) in [6.45, 7) is 0. The molecule has 29 heavy (non-hydrogen) atoms. The van der Waals surface area contributed by atoms with Crippen molar-refractivity contribution in [1.29, 1.82) is 5.26 Å². The van der Waals surface area contributed by atoms with Crippen molar-refractivity contribution in [2.24, 2.45) is 5.73 Å². The Balaban J connectivity index is 1.90. The molecule has 0 atom stereocenters. The van der Waals surface area contributed by atoms with Crippen LogP contribution in [0.4, 0.5) is 5.00 Å². The van der Waals surface area contributed by atoms with Crippen LogP contribution in [0.5, 0.6) is 11.5 Å². The van der Waals surface area contributed by atoms with Crippen molar-refractivity contribution >= 4 is 34.2 Å². The number of primary amides is 1. The molecular weight excluding hydrogens is 390 g/mol. The Morgan fingerprint density at radius 3 is 2.59 bits per heavy atom. The van der Waals surface area contributed by atoms with Gasteiger partial charge in [-0.1, -0.05) is 6.07 Å². The second-order valence-corrected chi connectivity index (χ2v) is 7.62. The lowest BCUT2D eigenvalue weighted by atomic mass is 9.95. The number of nitrogens with two attached hydrogens (primary N) is 1. The number of aryl methyl sites for hydroxylation is 1. The third-order valence-electron chi connectivity index (χ3n) is 4.73. The number of hydrogen-bond acceptors (Lipinski definition) is 6. The van der Waals surface area contributed by atoms with Gasteiger partial charge in [-0.05, 0) is 55.0 Å². The molecule has 3 N–H and O–H groups in total. The van der Waals surface area contributed by atoms with Gasteiger partial charge in [0.25, 0.3) is 11.8 Å². The molecule has 1 aliphatic carbocycles. The summed E-state index contributed by atoms with van der Waals surface area (Å²) < 4.78 is 10.4. The molecule has 1 aliphatic rings. The molecule has 0 saturated carbocycles. The highest BCUT2D eigenvalue weighted by molar-refractivity contribution is 7.17. The van der Waals surface area contributed by atoms with Gasteiger partial charge in [0.05, 0.1) is 19.8 Å². The molecule has 0 bridgehead atoms. The van der Waals surface area contributed by atoms with Crippen molar-refractivity contribution in [3.8, 4) is 17.6 Å². The fourth-order valence-corrected chi connectivity index (χ4v) is 4.63. The molecule has 8 heteroatoms. The predicted molar refractivity (Wildman–Crippen MR) is 111 cm³/mol. The molecule has 7 nitrogen and oxygen atoms in total. The van der Waals surface area contributed by atoms with Gasteiger partial charge in [-0.3, -0.25) is 9.59 Å². The Labute approximate surface area is 172 Å². The van der Waals surface area contributed by atoms with E-state index in [4.69, 9.17) is 15.2 Å². The highest BCUT2D eigenvalue weighted by atomic mass is 32.1. The van der Waals surface area contributed by atoms with Crippen LogP contribution in [0.25, 0.3) is 6.08 Å². The first-order valence-electron chi connectivity index (χ1n) is 9.08. The zero-order chi connectivity index (χ0) is 21.0. The number of fused-ring (bicyclic) bond motifs is 1. The molecule has 3 rings (SSSR count). The topological polar surface area (TPSA) is 114 Å². The summed E-state index contributed by atoms with van der Waals surface area (Å²) in [5, 5.41) is 12.6. The van der Waals surface area contributed by atoms with Gasteiger partial charge in [0, 0.05) is 4.88 Å². The molecule has 0 aliphatic heterocycles. The van der Waals surface area contributed by atoms with Crippen LogP contribution in [0.1, 0.15) is 39.2 Å². The summed E-state index contributed by atoms with van der Waals surface area (Å²) in [7, 11) is 3.03. The number of methoxy groups -OCH3 is 2. The van der Waals surface area contributed by atoms with Gasteiger partial charge >= 0.3 is 0 Å². The molecule has 1 heterocycles. The van der Waals surface area contributed by atoms with Crippen molar-refractivity contribution < 1.29 is 19.1 Å². The second-order valence-electron chi connectivity index (χ2n) is 6.52. The number of nitrogens with one attached hydrogen (secondary N) is 1. The minimum atomic E-state index is -0.594. The van der Waals surface area contributed by atoms with Gasteiger partial charge in [-0.25, -0.2) is 0 Å². The zero-order valence-electron chi connectivity index (χ0n) is 16.2. The number of amides is 2. The molecule has 2 aromatic rings. The van der Waals surface area contributed by atoms with E-state index in [1.165, 1.54) is 31.6 Å². The van der Waals surface area contributed by atoms with Gasteiger partial charge in [-0.15, -0.1) is 11.3 Å². The van der Waals surface area contributed by atoms with Gasteiger partial charge in [0.2, 0.25) is 0 Å². The van der Waals surface area contributed by atoms with Gasteiger partial charge in [0.15, 0.2) is 11.5 Å². The number of thiophene rings is 1. The fraction of sp³-hybridized carbons (Fsp3) is 0.286. The average molecular weight is 411 g/mol. The molecular formula is C21H21N3O4S. The minimum absolute atomic E-state index is 0.0981. The van der Waals surface area contributed by atoms with Crippen LogP contribution in [0.3, 0.4) is 0 Å². The number of nitrogens with zero attached hydrogens (tertiary/aromatic N) is 1. The lowest BCUT2D eigenvalue weighted by molar-refractivity contribution is -0.112. The summed E-state index contributed by atoms with van der Waals surface area (Å²) in [5.41, 5.74) is 7.35. The fourth-order valence-electron chi connectivity index (χ4n) is 3.34. The van der Waals surface area contributed by atoms with Gasteiger partial charge in [-0.2, -0.15) is 5.26 Å². The number of benzene rings is 1. The summed E-state index contributed by atoms with van der Waals surface area (Å²) in [6, 6.07) is 6.98. The summed E-state index contributed by atoms with van der Waals surface area (Å²) >= 11 is 1.36. The molecule has 0 radical (unpaired) electrons. The van der Waals surface area contributed by atoms with E-state index in [2.05, 4.69) is 5.32 Å². The third-order valence-corrected chi connectivity index (χ3v) is 5.94. The minimum Gasteiger partial charge on any atom is -0.493 e. The van der Waals surface area contributed by atoms with Gasteiger partial charge in [0.1, 0.15) is 16.6 Å². The SMILES string of the molecule is COc1ccc(/C=C(\C#N)C(=O)Nc2sc3c(c2C(N)=O)CCCC3)cc1OC. The average Bonchev–Trinajstić information content (AvgIpc) is 3.09. The van der Waals surface area contributed by atoms with E-state index in [-0.39, 0.29) is 5.57 Å². The Kier molecular flexibility index (Phi) is 6.20. The van der Waals surface area contributed by atoms with Crippen molar-refractivity contribution in [3.63, 3.8) is 0 Å². The van der Waals surface area contributed by atoms with Crippen molar-refractivity contribution in [3.05, 3.63) is 45.3 Å². The van der Waals surface area contributed by atoms with Crippen molar-refractivity contribution in [1.82, 2.24) is 0 Å². The van der Waals surface area contributed by atoms with Crippen LogP contribution in [0.15, 0.2) is 23.8 Å². The Morgan fingerprint density at radius 1 is 1.21 bits per heavy atom. The molecule has 2 amide bonds. The number of rotatable bonds is 6. The van der Waals surface area contributed by atoms with Crippen molar-refractivity contribution in [2.75, 3.05) is 19.5 Å². The van der Waals surface area contributed by atoms with E-state index in [1.54, 1.807) is 18.2 Å². The smallest absolute Gasteiger partial charge is 0.266 e. The number of carbonyl (C=O) groups is 2.